The average molecular weight is 342 g/mol. The number of H-pyrrole nitrogens is 1. The molecule has 0 saturated heterocycles. The highest BCUT2D eigenvalue weighted by molar-refractivity contribution is 5.62. The molecule has 25 heavy (non-hydrogen) atoms. The Balaban J connectivity index is 1.81. The predicted molar refractivity (Wildman–Crippen MR) is 95.3 cm³/mol. The molecule has 3 aromatic rings. The fourth-order valence-corrected chi connectivity index (χ4v) is 2.40. The number of rotatable bonds is 5. The normalized spacial score (nSPS) is 11.7. The van der Waals surface area contributed by atoms with E-state index in [9.17, 15) is 4.79 Å². The van der Waals surface area contributed by atoms with Gasteiger partial charge in [-0.25, -0.2) is 24.3 Å². The second kappa shape index (κ2) is 6.54. The summed E-state index contributed by atoms with van der Waals surface area (Å²) < 4.78 is 6.55. The minimum Gasteiger partial charge on any atom is -0.481 e. The van der Waals surface area contributed by atoms with Crippen molar-refractivity contribution in [1.82, 2.24) is 24.6 Å². The van der Waals surface area contributed by atoms with E-state index in [1.54, 1.807) is 19.5 Å². The monoisotopic (exact) mass is 342 g/mol. The number of anilines is 1. The van der Waals surface area contributed by atoms with Gasteiger partial charge in [-0.2, -0.15) is 0 Å². The number of aromatic amines is 1. The Labute approximate surface area is 145 Å². The topological polar surface area (TPSA) is 97.2 Å². The maximum atomic E-state index is 11.9. The van der Waals surface area contributed by atoms with Crippen LogP contribution in [-0.4, -0.2) is 38.2 Å². The van der Waals surface area contributed by atoms with Crippen molar-refractivity contribution in [2.24, 2.45) is 0 Å². The molecular weight excluding hydrogens is 320 g/mol. The first-order chi connectivity index (χ1) is 11.9. The Bertz CT molecular complexity index is 921. The van der Waals surface area contributed by atoms with Crippen LogP contribution in [0, 0.1) is 0 Å². The van der Waals surface area contributed by atoms with Crippen LogP contribution in [0.15, 0.2) is 29.3 Å². The summed E-state index contributed by atoms with van der Waals surface area (Å²) in [6.45, 7) is 6.81. The standard InChI is InChI=1S/C17H22N6O2/c1-17(2,3)12-10-23-15(21-22-16(23)24)14(20-12)18-8-7-11-5-6-13(25-4)19-9-11/h5-6,9-10H,7-8H2,1-4H3,(H,18,20)(H,22,24). The van der Waals surface area contributed by atoms with Crippen LogP contribution in [-0.2, 0) is 11.8 Å². The minimum atomic E-state index is -0.273. The van der Waals surface area contributed by atoms with Gasteiger partial charge < -0.3 is 10.1 Å². The molecule has 0 bridgehead atoms. The number of pyridine rings is 1. The van der Waals surface area contributed by atoms with E-state index in [0.29, 0.717) is 23.9 Å². The van der Waals surface area contributed by atoms with Crippen molar-refractivity contribution in [3.05, 3.63) is 46.3 Å². The SMILES string of the molecule is COc1ccc(CCNc2nc(C(C)(C)C)cn3c(=O)[nH]nc23)cn1. The fourth-order valence-electron chi connectivity index (χ4n) is 2.40. The van der Waals surface area contributed by atoms with Crippen molar-refractivity contribution in [3.8, 4) is 5.88 Å². The molecule has 0 aliphatic heterocycles. The Hall–Kier alpha value is -2.90. The van der Waals surface area contributed by atoms with Crippen molar-refractivity contribution in [1.29, 1.82) is 0 Å². The highest BCUT2D eigenvalue weighted by Gasteiger charge is 2.19. The Morgan fingerprint density at radius 1 is 1.32 bits per heavy atom. The zero-order chi connectivity index (χ0) is 18.0. The van der Waals surface area contributed by atoms with Gasteiger partial charge in [0, 0.05) is 30.4 Å². The van der Waals surface area contributed by atoms with Crippen LogP contribution in [0.4, 0.5) is 5.82 Å². The molecule has 0 fully saturated rings. The number of fused-ring (bicyclic) bond motifs is 1. The smallest absolute Gasteiger partial charge is 0.347 e. The van der Waals surface area contributed by atoms with Gasteiger partial charge in [0.1, 0.15) is 0 Å². The Kier molecular flexibility index (Phi) is 4.43. The van der Waals surface area contributed by atoms with E-state index in [1.165, 1.54) is 4.40 Å². The maximum absolute atomic E-state index is 11.9. The number of methoxy groups -OCH3 is 1. The van der Waals surface area contributed by atoms with Crippen molar-refractivity contribution < 1.29 is 4.74 Å². The molecule has 132 valence electrons. The third-order valence-electron chi connectivity index (χ3n) is 3.88. The first-order valence-corrected chi connectivity index (χ1v) is 8.09. The van der Waals surface area contributed by atoms with Gasteiger partial charge in [-0.3, -0.25) is 0 Å². The number of ether oxygens (including phenoxy) is 1. The number of nitrogens with one attached hydrogen (secondary N) is 2. The molecular formula is C17H22N6O2. The van der Waals surface area contributed by atoms with Crippen LogP contribution in [0.5, 0.6) is 5.88 Å². The molecule has 3 heterocycles. The Morgan fingerprint density at radius 2 is 2.12 bits per heavy atom. The summed E-state index contributed by atoms with van der Waals surface area (Å²) in [6, 6.07) is 3.81. The molecule has 0 spiro atoms. The van der Waals surface area contributed by atoms with E-state index in [4.69, 9.17) is 4.74 Å². The molecule has 8 nitrogen and oxygen atoms in total. The predicted octanol–water partition coefficient (Wildman–Crippen LogP) is 1.77. The highest BCUT2D eigenvalue weighted by atomic mass is 16.5. The van der Waals surface area contributed by atoms with Gasteiger partial charge in [-0.1, -0.05) is 26.8 Å². The summed E-state index contributed by atoms with van der Waals surface area (Å²) >= 11 is 0. The second-order valence-electron chi connectivity index (χ2n) is 6.83. The third kappa shape index (κ3) is 3.62. The molecule has 0 aromatic carbocycles. The van der Waals surface area contributed by atoms with Crippen LogP contribution >= 0.6 is 0 Å². The van der Waals surface area contributed by atoms with Gasteiger partial charge in [0.25, 0.3) is 0 Å². The lowest BCUT2D eigenvalue weighted by atomic mass is 9.93. The van der Waals surface area contributed by atoms with Crippen LogP contribution in [0.1, 0.15) is 32.0 Å². The fraction of sp³-hybridized carbons (Fsp3) is 0.412. The summed E-state index contributed by atoms with van der Waals surface area (Å²) in [5.41, 5.74) is 1.94. The van der Waals surface area contributed by atoms with Gasteiger partial charge in [-0.05, 0) is 12.0 Å². The second-order valence-corrected chi connectivity index (χ2v) is 6.83. The lowest BCUT2D eigenvalue weighted by Gasteiger charge is -2.19. The van der Waals surface area contributed by atoms with Gasteiger partial charge >= 0.3 is 5.69 Å². The van der Waals surface area contributed by atoms with Gasteiger partial charge in [0.2, 0.25) is 11.5 Å². The van der Waals surface area contributed by atoms with Crippen molar-refractivity contribution in [3.63, 3.8) is 0 Å². The number of aromatic nitrogens is 5. The highest BCUT2D eigenvalue weighted by Crippen LogP contribution is 2.22. The average Bonchev–Trinajstić information content (AvgIpc) is 2.96. The number of hydrogen-bond acceptors (Lipinski definition) is 6. The molecule has 0 amide bonds. The van der Waals surface area contributed by atoms with Crippen LogP contribution in [0.2, 0.25) is 0 Å². The molecule has 3 aromatic heterocycles. The van der Waals surface area contributed by atoms with E-state index in [0.717, 1.165) is 17.7 Å². The van der Waals surface area contributed by atoms with Crippen molar-refractivity contribution in [2.45, 2.75) is 32.6 Å². The van der Waals surface area contributed by atoms with E-state index in [-0.39, 0.29) is 11.1 Å². The lowest BCUT2D eigenvalue weighted by Crippen LogP contribution is -2.20. The van der Waals surface area contributed by atoms with Gasteiger partial charge in [0.15, 0.2) is 5.82 Å². The number of nitrogens with zero attached hydrogens (tertiary/aromatic N) is 4. The van der Waals surface area contributed by atoms with E-state index >= 15 is 0 Å². The third-order valence-corrected chi connectivity index (χ3v) is 3.88. The summed E-state index contributed by atoms with van der Waals surface area (Å²) in [5.74, 6) is 1.18. The van der Waals surface area contributed by atoms with Crippen molar-refractivity contribution in [2.75, 3.05) is 19.0 Å². The summed E-state index contributed by atoms with van der Waals surface area (Å²) in [7, 11) is 1.59. The minimum absolute atomic E-state index is 0.179. The van der Waals surface area contributed by atoms with Crippen molar-refractivity contribution >= 4 is 11.5 Å². The molecule has 0 aliphatic rings. The van der Waals surface area contributed by atoms with Gasteiger partial charge in [-0.15, -0.1) is 5.10 Å². The maximum Gasteiger partial charge on any atom is 0.347 e. The molecule has 0 radical (unpaired) electrons. The zero-order valence-corrected chi connectivity index (χ0v) is 14.8. The first kappa shape index (κ1) is 16.9. The first-order valence-electron chi connectivity index (χ1n) is 8.09. The molecule has 3 rings (SSSR count). The summed E-state index contributed by atoms with van der Waals surface area (Å²) in [4.78, 5) is 20.8. The van der Waals surface area contributed by atoms with E-state index in [1.807, 2.05) is 12.1 Å². The van der Waals surface area contributed by atoms with Crippen LogP contribution in [0.3, 0.4) is 0 Å². The van der Waals surface area contributed by atoms with E-state index < -0.39 is 0 Å². The summed E-state index contributed by atoms with van der Waals surface area (Å²) in [6.07, 6.45) is 4.28. The van der Waals surface area contributed by atoms with Crippen LogP contribution < -0.4 is 15.7 Å². The molecule has 0 saturated carbocycles. The zero-order valence-electron chi connectivity index (χ0n) is 14.8. The Morgan fingerprint density at radius 3 is 2.76 bits per heavy atom. The lowest BCUT2D eigenvalue weighted by molar-refractivity contribution is 0.397. The molecule has 0 unspecified atom stereocenters. The number of hydrogen-bond donors (Lipinski definition) is 2. The largest absolute Gasteiger partial charge is 0.481 e. The molecule has 0 aliphatic carbocycles. The molecule has 2 N–H and O–H groups in total. The molecule has 0 atom stereocenters. The van der Waals surface area contributed by atoms with E-state index in [2.05, 4.69) is 46.3 Å². The molecule has 8 heteroatoms. The quantitative estimate of drug-likeness (QED) is 0.733. The van der Waals surface area contributed by atoms with Crippen LogP contribution in [0.25, 0.3) is 5.65 Å². The summed E-state index contributed by atoms with van der Waals surface area (Å²) in [5, 5.41) is 9.81. The van der Waals surface area contributed by atoms with Gasteiger partial charge in [0.05, 0.1) is 12.8 Å².